The lowest BCUT2D eigenvalue weighted by molar-refractivity contribution is 0.0730. The zero-order chi connectivity index (χ0) is 11.5. The zero-order valence-corrected chi connectivity index (χ0v) is 8.21. The number of aromatic hydroxyl groups is 1. The molecule has 0 bridgehead atoms. The first kappa shape index (κ1) is 10.1. The Kier molecular flexibility index (Phi) is 2.51. The summed E-state index contributed by atoms with van der Waals surface area (Å²) in [6.45, 7) is 0. The number of hydrogen-bond donors (Lipinski definition) is 2. The number of hydrogen-bond acceptors (Lipinski definition) is 5. The van der Waals surface area contributed by atoms with Crippen molar-refractivity contribution in [2.75, 3.05) is 5.73 Å². The largest absolute Gasteiger partial charge is 0.504 e. The SMILES string of the molecule is Nc1occc1C(=O)Oc1ccccc1O. The van der Waals surface area contributed by atoms with Crippen molar-refractivity contribution in [1.82, 2.24) is 0 Å². The number of phenolic OH excluding ortho intramolecular Hbond substituents is 1. The molecular formula is C11H9NO4. The molecule has 0 aliphatic rings. The van der Waals surface area contributed by atoms with Gasteiger partial charge in [0.15, 0.2) is 11.5 Å². The van der Waals surface area contributed by atoms with Gasteiger partial charge in [0.05, 0.1) is 6.26 Å². The molecule has 0 spiro atoms. The predicted octanol–water partition coefficient (Wildman–Crippen LogP) is 1.79. The lowest BCUT2D eigenvalue weighted by Crippen LogP contribution is -2.09. The van der Waals surface area contributed by atoms with Gasteiger partial charge in [-0.25, -0.2) is 4.79 Å². The van der Waals surface area contributed by atoms with Crippen LogP contribution in [0.5, 0.6) is 11.5 Å². The van der Waals surface area contributed by atoms with Crippen LogP contribution in [0.1, 0.15) is 10.4 Å². The molecule has 0 saturated heterocycles. The minimum Gasteiger partial charge on any atom is -0.504 e. The minimum absolute atomic E-state index is 0.0135. The Labute approximate surface area is 91.1 Å². The molecule has 0 saturated carbocycles. The molecule has 0 radical (unpaired) electrons. The molecule has 5 nitrogen and oxygen atoms in total. The van der Waals surface area contributed by atoms with Crippen molar-refractivity contribution >= 4 is 11.9 Å². The topological polar surface area (TPSA) is 85.7 Å². The lowest BCUT2D eigenvalue weighted by Gasteiger charge is -2.04. The third-order valence-electron chi connectivity index (χ3n) is 1.98. The fraction of sp³-hybridized carbons (Fsp3) is 0. The maximum atomic E-state index is 11.6. The van der Waals surface area contributed by atoms with Crippen LogP contribution in [-0.4, -0.2) is 11.1 Å². The standard InChI is InChI=1S/C11H9NO4/c12-10-7(5-6-15-10)11(14)16-9-4-2-1-3-8(9)13/h1-6,13H,12H2. The molecule has 5 heteroatoms. The normalized spacial score (nSPS) is 10.0. The lowest BCUT2D eigenvalue weighted by atomic mass is 10.3. The van der Waals surface area contributed by atoms with Crippen LogP contribution in [0.4, 0.5) is 5.88 Å². The molecule has 0 unspecified atom stereocenters. The number of anilines is 1. The van der Waals surface area contributed by atoms with Crippen molar-refractivity contribution in [3.8, 4) is 11.5 Å². The van der Waals surface area contributed by atoms with Crippen molar-refractivity contribution in [3.05, 3.63) is 42.2 Å². The number of rotatable bonds is 2. The van der Waals surface area contributed by atoms with Gasteiger partial charge >= 0.3 is 5.97 Å². The summed E-state index contributed by atoms with van der Waals surface area (Å²) in [7, 11) is 0. The molecular weight excluding hydrogens is 210 g/mol. The van der Waals surface area contributed by atoms with Crippen LogP contribution in [0.3, 0.4) is 0 Å². The van der Waals surface area contributed by atoms with Gasteiger partial charge in [-0.3, -0.25) is 0 Å². The van der Waals surface area contributed by atoms with Gasteiger partial charge in [-0.15, -0.1) is 0 Å². The number of para-hydroxylation sites is 2. The summed E-state index contributed by atoms with van der Waals surface area (Å²) in [6, 6.07) is 7.56. The number of phenols is 1. The van der Waals surface area contributed by atoms with E-state index in [4.69, 9.17) is 14.9 Å². The molecule has 16 heavy (non-hydrogen) atoms. The second kappa shape index (κ2) is 3.98. The van der Waals surface area contributed by atoms with Crippen LogP contribution in [0.15, 0.2) is 41.0 Å². The van der Waals surface area contributed by atoms with E-state index in [0.717, 1.165) is 0 Å². The number of nitrogens with two attached hydrogens (primary N) is 1. The van der Waals surface area contributed by atoms with Gasteiger partial charge in [-0.2, -0.15) is 0 Å². The Morgan fingerprint density at radius 2 is 2.06 bits per heavy atom. The highest BCUT2D eigenvalue weighted by molar-refractivity contribution is 5.95. The number of nitrogen functional groups attached to an aromatic ring is 1. The van der Waals surface area contributed by atoms with Crippen molar-refractivity contribution in [2.24, 2.45) is 0 Å². The van der Waals surface area contributed by atoms with Gasteiger partial charge in [0.25, 0.3) is 0 Å². The second-order valence-electron chi connectivity index (χ2n) is 3.06. The van der Waals surface area contributed by atoms with Crippen LogP contribution in [0.2, 0.25) is 0 Å². The fourth-order valence-corrected chi connectivity index (χ4v) is 1.19. The third kappa shape index (κ3) is 1.83. The van der Waals surface area contributed by atoms with E-state index in [0.29, 0.717) is 0 Å². The van der Waals surface area contributed by atoms with E-state index >= 15 is 0 Å². The van der Waals surface area contributed by atoms with Gasteiger partial charge in [0, 0.05) is 0 Å². The summed E-state index contributed by atoms with van der Waals surface area (Å²) < 4.78 is 9.71. The summed E-state index contributed by atoms with van der Waals surface area (Å²) in [6.07, 6.45) is 1.29. The van der Waals surface area contributed by atoms with Crippen LogP contribution < -0.4 is 10.5 Å². The van der Waals surface area contributed by atoms with Crippen molar-refractivity contribution < 1.29 is 19.1 Å². The Balaban J connectivity index is 2.21. The van der Waals surface area contributed by atoms with E-state index in [2.05, 4.69) is 0 Å². The monoisotopic (exact) mass is 219 g/mol. The molecule has 1 aromatic heterocycles. The molecule has 3 N–H and O–H groups in total. The van der Waals surface area contributed by atoms with E-state index in [1.54, 1.807) is 12.1 Å². The highest BCUT2D eigenvalue weighted by Gasteiger charge is 2.15. The molecule has 0 aliphatic heterocycles. The Morgan fingerprint density at radius 3 is 2.69 bits per heavy atom. The van der Waals surface area contributed by atoms with Gasteiger partial charge in [0.1, 0.15) is 5.56 Å². The second-order valence-corrected chi connectivity index (χ2v) is 3.06. The first-order valence-electron chi connectivity index (χ1n) is 4.51. The third-order valence-corrected chi connectivity index (χ3v) is 1.98. The summed E-state index contributed by atoms with van der Waals surface area (Å²) in [5, 5.41) is 9.39. The highest BCUT2D eigenvalue weighted by Crippen LogP contribution is 2.26. The Morgan fingerprint density at radius 1 is 1.31 bits per heavy atom. The molecule has 2 aromatic rings. The highest BCUT2D eigenvalue weighted by atomic mass is 16.5. The first-order valence-corrected chi connectivity index (χ1v) is 4.51. The smallest absolute Gasteiger partial charge is 0.349 e. The minimum atomic E-state index is -0.673. The predicted molar refractivity (Wildman–Crippen MR) is 56.2 cm³/mol. The molecule has 0 amide bonds. The van der Waals surface area contributed by atoms with Crippen molar-refractivity contribution in [3.63, 3.8) is 0 Å². The average molecular weight is 219 g/mol. The van der Waals surface area contributed by atoms with Gasteiger partial charge < -0.3 is 20.0 Å². The summed E-state index contributed by atoms with van der Waals surface area (Å²) >= 11 is 0. The van der Waals surface area contributed by atoms with Crippen LogP contribution in [0.25, 0.3) is 0 Å². The number of furan rings is 1. The van der Waals surface area contributed by atoms with Crippen molar-refractivity contribution in [1.29, 1.82) is 0 Å². The molecule has 82 valence electrons. The van der Waals surface area contributed by atoms with E-state index in [9.17, 15) is 9.90 Å². The summed E-state index contributed by atoms with van der Waals surface area (Å²) in [5.41, 5.74) is 5.53. The first-order chi connectivity index (χ1) is 7.68. The molecule has 0 aliphatic carbocycles. The zero-order valence-electron chi connectivity index (χ0n) is 8.21. The van der Waals surface area contributed by atoms with Crippen LogP contribution >= 0.6 is 0 Å². The summed E-state index contributed by atoms with van der Waals surface area (Å²) in [4.78, 5) is 11.6. The van der Waals surface area contributed by atoms with Crippen LogP contribution in [0, 0.1) is 0 Å². The number of carbonyl (C=O) groups excluding carboxylic acids is 1. The quantitative estimate of drug-likeness (QED) is 0.594. The Bertz CT molecular complexity index is 518. The molecule has 0 atom stereocenters. The number of carbonyl (C=O) groups is 1. The molecule has 0 fully saturated rings. The van der Waals surface area contributed by atoms with Gasteiger partial charge in [0.2, 0.25) is 5.88 Å². The molecule has 1 heterocycles. The molecule has 2 rings (SSSR count). The maximum Gasteiger partial charge on any atom is 0.349 e. The Hall–Kier alpha value is -2.43. The van der Waals surface area contributed by atoms with Crippen molar-refractivity contribution in [2.45, 2.75) is 0 Å². The number of esters is 1. The van der Waals surface area contributed by atoms with E-state index in [1.807, 2.05) is 0 Å². The maximum absolute atomic E-state index is 11.6. The fourth-order valence-electron chi connectivity index (χ4n) is 1.19. The van der Waals surface area contributed by atoms with Gasteiger partial charge in [-0.05, 0) is 18.2 Å². The number of ether oxygens (including phenoxy) is 1. The van der Waals surface area contributed by atoms with Gasteiger partial charge in [-0.1, -0.05) is 12.1 Å². The number of benzene rings is 1. The van der Waals surface area contributed by atoms with Crippen LogP contribution in [-0.2, 0) is 0 Å². The van der Waals surface area contributed by atoms with E-state index in [1.165, 1.54) is 24.5 Å². The van der Waals surface area contributed by atoms with E-state index < -0.39 is 5.97 Å². The summed E-state index contributed by atoms with van der Waals surface area (Å²) in [5.74, 6) is -0.723. The van der Waals surface area contributed by atoms with E-state index in [-0.39, 0.29) is 22.9 Å². The molecule has 1 aromatic carbocycles. The average Bonchev–Trinajstić information content (AvgIpc) is 2.68.